The number of esters is 1. The van der Waals surface area contributed by atoms with E-state index in [1.54, 1.807) is 27.7 Å². The molecule has 0 bridgehead atoms. The van der Waals surface area contributed by atoms with Gasteiger partial charge in [0.1, 0.15) is 11.7 Å². The van der Waals surface area contributed by atoms with Gasteiger partial charge < -0.3 is 14.8 Å². The summed E-state index contributed by atoms with van der Waals surface area (Å²) in [5.74, 6) is -0.414. The molecule has 0 saturated carbocycles. The Bertz CT molecular complexity index is 256. The van der Waals surface area contributed by atoms with Gasteiger partial charge in [-0.25, -0.2) is 9.59 Å². The Morgan fingerprint density at radius 1 is 1.50 bits per heavy atom. The fraction of sp³-hybridized carbons (Fsp3) is 0.778. The SMILES string of the molecule is C[C@@H]1OC(=O)[C@H]1NC(=O)OC(C)(C)C. The van der Waals surface area contributed by atoms with Crippen molar-refractivity contribution < 1.29 is 19.1 Å². The van der Waals surface area contributed by atoms with Crippen molar-refractivity contribution in [1.82, 2.24) is 5.32 Å². The second-order valence-electron chi connectivity index (χ2n) is 4.27. The van der Waals surface area contributed by atoms with E-state index >= 15 is 0 Å². The van der Waals surface area contributed by atoms with Gasteiger partial charge in [0, 0.05) is 0 Å². The molecule has 5 nitrogen and oxygen atoms in total. The largest absolute Gasteiger partial charge is 0.458 e. The molecule has 0 radical (unpaired) electrons. The van der Waals surface area contributed by atoms with Crippen LogP contribution in [0, 0.1) is 0 Å². The van der Waals surface area contributed by atoms with Crippen molar-refractivity contribution in [2.75, 3.05) is 0 Å². The van der Waals surface area contributed by atoms with E-state index < -0.39 is 23.7 Å². The molecule has 1 fully saturated rings. The highest BCUT2D eigenvalue weighted by molar-refractivity contribution is 5.86. The lowest BCUT2D eigenvalue weighted by Gasteiger charge is -2.33. The number of cyclic esters (lactones) is 1. The molecular weight excluding hydrogens is 186 g/mol. The van der Waals surface area contributed by atoms with Crippen molar-refractivity contribution in [2.24, 2.45) is 0 Å². The molecule has 0 aliphatic carbocycles. The Morgan fingerprint density at radius 2 is 2.07 bits per heavy atom. The van der Waals surface area contributed by atoms with Crippen molar-refractivity contribution in [2.45, 2.75) is 45.4 Å². The molecule has 5 heteroatoms. The van der Waals surface area contributed by atoms with E-state index in [9.17, 15) is 9.59 Å². The summed E-state index contributed by atoms with van der Waals surface area (Å²) in [7, 11) is 0. The predicted octanol–water partition coefficient (Wildman–Crippen LogP) is 0.825. The Hall–Kier alpha value is -1.26. The number of ether oxygens (including phenoxy) is 2. The molecule has 1 aliphatic rings. The van der Waals surface area contributed by atoms with Crippen LogP contribution >= 0.6 is 0 Å². The van der Waals surface area contributed by atoms with E-state index in [1.165, 1.54) is 0 Å². The number of carbonyl (C=O) groups excluding carboxylic acids is 2. The van der Waals surface area contributed by atoms with Crippen LogP contribution in [0.5, 0.6) is 0 Å². The van der Waals surface area contributed by atoms with Crippen LogP contribution in [-0.4, -0.2) is 29.8 Å². The third-order valence-corrected chi connectivity index (χ3v) is 1.70. The van der Waals surface area contributed by atoms with Crippen molar-refractivity contribution in [3.63, 3.8) is 0 Å². The average molecular weight is 201 g/mol. The van der Waals surface area contributed by atoms with Crippen molar-refractivity contribution in [3.05, 3.63) is 0 Å². The normalized spacial score (nSPS) is 26.1. The molecule has 2 atom stereocenters. The standard InChI is InChI=1S/C9H15NO4/c1-5-6(7(11)13-5)10-8(12)14-9(2,3)4/h5-6H,1-4H3,(H,10,12)/t5-,6-/m0/s1. The lowest BCUT2D eigenvalue weighted by molar-refractivity contribution is -0.174. The van der Waals surface area contributed by atoms with Crippen molar-refractivity contribution >= 4 is 12.1 Å². The van der Waals surface area contributed by atoms with Gasteiger partial charge in [0.05, 0.1) is 0 Å². The minimum absolute atomic E-state index is 0.269. The first-order valence-corrected chi connectivity index (χ1v) is 4.49. The molecule has 0 aromatic carbocycles. The molecule has 1 aliphatic heterocycles. The zero-order valence-electron chi connectivity index (χ0n) is 8.79. The van der Waals surface area contributed by atoms with Crippen LogP contribution < -0.4 is 5.32 Å². The van der Waals surface area contributed by atoms with Gasteiger partial charge in [-0.05, 0) is 27.7 Å². The predicted molar refractivity (Wildman–Crippen MR) is 48.7 cm³/mol. The molecule has 1 rings (SSSR count). The van der Waals surface area contributed by atoms with E-state index in [0.29, 0.717) is 0 Å². The monoisotopic (exact) mass is 201 g/mol. The third kappa shape index (κ3) is 2.61. The van der Waals surface area contributed by atoms with Gasteiger partial charge in [-0.15, -0.1) is 0 Å². The second-order valence-corrected chi connectivity index (χ2v) is 4.27. The van der Waals surface area contributed by atoms with E-state index in [0.717, 1.165) is 0 Å². The minimum Gasteiger partial charge on any atom is -0.458 e. The van der Waals surface area contributed by atoms with Crippen molar-refractivity contribution in [3.8, 4) is 0 Å². The summed E-state index contributed by atoms with van der Waals surface area (Å²) in [6.45, 7) is 6.99. The number of amides is 1. The van der Waals surface area contributed by atoms with E-state index in [4.69, 9.17) is 4.74 Å². The van der Waals surface area contributed by atoms with Crippen LogP contribution in [0.2, 0.25) is 0 Å². The van der Waals surface area contributed by atoms with Crippen LogP contribution in [0.1, 0.15) is 27.7 Å². The molecule has 0 aromatic heterocycles. The Kier molecular flexibility index (Phi) is 2.69. The minimum atomic E-state index is -0.592. The Labute approximate surface area is 82.8 Å². The fourth-order valence-corrected chi connectivity index (χ4v) is 1.05. The average Bonchev–Trinajstić information content (AvgIpc) is 1.98. The highest BCUT2D eigenvalue weighted by atomic mass is 16.6. The van der Waals surface area contributed by atoms with E-state index in [1.807, 2.05) is 0 Å². The first kappa shape index (κ1) is 10.8. The fourth-order valence-electron chi connectivity index (χ4n) is 1.05. The molecule has 0 aromatic rings. The summed E-state index contributed by atoms with van der Waals surface area (Å²) in [4.78, 5) is 22.1. The van der Waals surface area contributed by atoms with Crippen LogP contribution in [0.4, 0.5) is 4.79 Å². The lowest BCUT2D eigenvalue weighted by atomic mass is 10.1. The summed E-state index contributed by atoms with van der Waals surface area (Å²) in [5, 5.41) is 2.44. The zero-order valence-corrected chi connectivity index (χ0v) is 8.79. The van der Waals surface area contributed by atoms with Gasteiger partial charge >= 0.3 is 12.1 Å². The lowest BCUT2D eigenvalue weighted by Crippen LogP contribution is -2.59. The van der Waals surface area contributed by atoms with Crippen LogP contribution in [0.3, 0.4) is 0 Å². The Balaban J connectivity index is 2.38. The van der Waals surface area contributed by atoms with E-state index in [-0.39, 0.29) is 6.10 Å². The molecule has 1 amide bonds. The van der Waals surface area contributed by atoms with Gasteiger partial charge in [-0.3, -0.25) is 0 Å². The first-order valence-electron chi connectivity index (χ1n) is 4.49. The van der Waals surface area contributed by atoms with Crippen LogP contribution in [0.25, 0.3) is 0 Å². The second kappa shape index (κ2) is 3.48. The molecule has 0 unspecified atom stereocenters. The maximum Gasteiger partial charge on any atom is 0.408 e. The highest BCUT2D eigenvalue weighted by Crippen LogP contribution is 2.14. The topological polar surface area (TPSA) is 64.6 Å². The molecule has 0 spiro atoms. The summed E-state index contributed by atoms with van der Waals surface area (Å²) in [5.41, 5.74) is -0.555. The highest BCUT2D eigenvalue weighted by Gasteiger charge is 2.41. The molecule has 80 valence electrons. The van der Waals surface area contributed by atoms with Crippen LogP contribution in [0.15, 0.2) is 0 Å². The molecule has 1 heterocycles. The molecule has 1 saturated heterocycles. The number of rotatable bonds is 1. The first-order chi connectivity index (χ1) is 6.29. The maximum atomic E-state index is 11.2. The molecule has 14 heavy (non-hydrogen) atoms. The number of alkyl carbamates (subject to hydrolysis) is 1. The van der Waals surface area contributed by atoms with Crippen molar-refractivity contribution in [1.29, 1.82) is 0 Å². The van der Waals surface area contributed by atoms with Gasteiger partial charge in [0.15, 0.2) is 6.04 Å². The zero-order chi connectivity index (χ0) is 10.9. The van der Waals surface area contributed by atoms with Gasteiger partial charge in [-0.1, -0.05) is 0 Å². The smallest absolute Gasteiger partial charge is 0.408 e. The van der Waals surface area contributed by atoms with Gasteiger partial charge in [0.2, 0.25) is 0 Å². The van der Waals surface area contributed by atoms with Gasteiger partial charge in [0.25, 0.3) is 0 Å². The van der Waals surface area contributed by atoms with E-state index in [2.05, 4.69) is 10.1 Å². The number of carbonyl (C=O) groups is 2. The molecular formula is C9H15NO4. The quantitative estimate of drug-likeness (QED) is 0.638. The Morgan fingerprint density at radius 3 is 2.43 bits per heavy atom. The number of hydrogen-bond acceptors (Lipinski definition) is 4. The number of nitrogens with one attached hydrogen (secondary N) is 1. The summed E-state index contributed by atoms with van der Waals surface area (Å²) < 4.78 is 9.66. The maximum absolute atomic E-state index is 11.2. The third-order valence-electron chi connectivity index (χ3n) is 1.70. The van der Waals surface area contributed by atoms with Crippen LogP contribution in [-0.2, 0) is 14.3 Å². The van der Waals surface area contributed by atoms with Gasteiger partial charge in [-0.2, -0.15) is 0 Å². The summed E-state index contributed by atoms with van der Waals surface area (Å²) >= 11 is 0. The number of hydrogen-bond donors (Lipinski definition) is 1. The summed E-state index contributed by atoms with van der Waals surface area (Å²) in [6, 6.07) is -0.565. The molecule has 1 N–H and O–H groups in total. The summed E-state index contributed by atoms with van der Waals surface area (Å²) in [6.07, 6.45) is -0.860.